The van der Waals surface area contributed by atoms with Gasteiger partial charge in [0, 0.05) is 17.9 Å². The second-order valence-corrected chi connectivity index (χ2v) is 6.42. The minimum absolute atomic E-state index is 0.531. The number of anilines is 1. The summed E-state index contributed by atoms with van der Waals surface area (Å²) >= 11 is 0. The molecule has 4 atom stereocenters. The fraction of sp³-hybridized carbons (Fsp3) is 0.389. The molecule has 4 unspecified atom stereocenters. The Morgan fingerprint density at radius 1 is 1.14 bits per heavy atom. The lowest BCUT2D eigenvalue weighted by atomic mass is 9.87. The molecule has 2 aliphatic carbocycles. The molecule has 3 heteroatoms. The molecule has 2 aromatic rings. The molecule has 1 aromatic carbocycles. The Labute approximate surface area is 125 Å². The normalized spacial score (nSPS) is 28.0. The zero-order valence-corrected chi connectivity index (χ0v) is 12.3. The largest absolute Gasteiger partial charge is 0.382 e. The van der Waals surface area contributed by atoms with E-state index in [2.05, 4.69) is 58.9 Å². The maximum atomic E-state index is 4.00. The first-order valence-corrected chi connectivity index (χ1v) is 7.84. The van der Waals surface area contributed by atoms with Crippen molar-refractivity contribution in [1.82, 2.24) is 10.2 Å². The molecule has 108 valence electrons. The van der Waals surface area contributed by atoms with Crippen LogP contribution < -0.4 is 5.32 Å². The van der Waals surface area contributed by atoms with Crippen molar-refractivity contribution in [2.24, 2.45) is 17.8 Å². The highest BCUT2D eigenvalue weighted by molar-refractivity contribution is 5.62. The number of hydrogen-bond acceptors (Lipinski definition) is 2. The van der Waals surface area contributed by atoms with Gasteiger partial charge in [0.05, 0.1) is 5.69 Å². The molecular weight excluding hydrogens is 258 g/mol. The zero-order chi connectivity index (χ0) is 14.2. The maximum Gasteiger partial charge on any atom is 0.0650 e. The van der Waals surface area contributed by atoms with Crippen molar-refractivity contribution in [3.8, 4) is 11.3 Å². The third-order valence-corrected chi connectivity index (χ3v) is 5.06. The number of fused-ring (bicyclic) bond motifs is 2. The monoisotopic (exact) mass is 279 g/mol. The lowest BCUT2D eigenvalue weighted by molar-refractivity contribution is 0.400. The van der Waals surface area contributed by atoms with Crippen molar-refractivity contribution in [2.75, 3.05) is 5.32 Å². The molecule has 1 heterocycles. The van der Waals surface area contributed by atoms with Crippen LogP contribution in [0.3, 0.4) is 0 Å². The Morgan fingerprint density at radius 3 is 2.62 bits per heavy atom. The Hall–Kier alpha value is -2.03. The van der Waals surface area contributed by atoms with E-state index in [1.54, 1.807) is 6.20 Å². The lowest BCUT2D eigenvalue weighted by Crippen LogP contribution is -2.28. The summed E-state index contributed by atoms with van der Waals surface area (Å²) in [5.41, 5.74) is 3.44. The summed E-state index contributed by atoms with van der Waals surface area (Å²) in [5.74, 6) is 2.42. The summed E-state index contributed by atoms with van der Waals surface area (Å²) in [6.07, 6.45) is 9.34. The van der Waals surface area contributed by atoms with Crippen molar-refractivity contribution in [3.05, 3.63) is 48.7 Å². The van der Waals surface area contributed by atoms with Crippen molar-refractivity contribution in [2.45, 2.75) is 25.8 Å². The zero-order valence-electron chi connectivity index (χ0n) is 12.3. The number of rotatable bonds is 4. The number of nitrogens with one attached hydrogen (secondary N) is 2. The highest BCUT2D eigenvalue weighted by Gasteiger charge is 2.38. The first kappa shape index (κ1) is 12.7. The summed E-state index contributed by atoms with van der Waals surface area (Å²) in [6, 6.07) is 11.1. The molecule has 21 heavy (non-hydrogen) atoms. The SMILES string of the molecule is CC(Nc1ccc(-c2ccn[nH]2)cc1)C1CC2C=CC1C2. The van der Waals surface area contributed by atoms with Crippen LogP contribution in [0.2, 0.25) is 0 Å². The van der Waals surface area contributed by atoms with Gasteiger partial charge in [0.25, 0.3) is 0 Å². The minimum Gasteiger partial charge on any atom is -0.382 e. The molecule has 0 aliphatic heterocycles. The summed E-state index contributed by atoms with van der Waals surface area (Å²) in [6.45, 7) is 2.32. The highest BCUT2D eigenvalue weighted by Crippen LogP contribution is 2.45. The van der Waals surface area contributed by atoms with Crippen LogP contribution in [0.4, 0.5) is 5.69 Å². The lowest BCUT2D eigenvalue weighted by Gasteiger charge is -2.27. The Kier molecular flexibility index (Phi) is 3.06. The van der Waals surface area contributed by atoms with Crippen molar-refractivity contribution < 1.29 is 0 Å². The minimum atomic E-state index is 0.531. The van der Waals surface area contributed by atoms with Gasteiger partial charge in [0.2, 0.25) is 0 Å². The Balaban J connectivity index is 1.44. The van der Waals surface area contributed by atoms with Gasteiger partial charge in [-0.05, 0) is 61.3 Å². The van der Waals surface area contributed by atoms with Crippen molar-refractivity contribution in [3.63, 3.8) is 0 Å². The van der Waals surface area contributed by atoms with E-state index in [0.29, 0.717) is 6.04 Å². The number of benzene rings is 1. The van der Waals surface area contributed by atoms with Gasteiger partial charge >= 0.3 is 0 Å². The molecule has 2 N–H and O–H groups in total. The number of hydrogen-bond donors (Lipinski definition) is 2. The van der Waals surface area contributed by atoms with Crippen molar-refractivity contribution >= 4 is 5.69 Å². The van der Waals surface area contributed by atoms with E-state index < -0.39 is 0 Å². The first-order valence-electron chi connectivity index (χ1n) is 7.84. The third kappa shape index (κ3) is 2.37. The number of nitrogens with zero attached hydrogens (tertiary/aromatic N) is 1. The average molecular weight is 279 g/mol. The fourth-order valence-electron chi connectivity index (χ4n) is 3.93. The van der Waals surface area contributed by atoms with Gasteiger partial charge in [-0.3, -0.25) is 5.10 Å². The van der Waals surface area contributed by atoms with Crippen LogP contribution in [0.15, 0.2) is 48.7 Å². The fourth-order valence-corrected chi connectivity index (χ4v) is 3.93. The number of aromatic amines is 1. The van der Waals surface area contributed by atoms with Gasteiger partial charge < -0.3 is 5.32 Å². The van der Waals surface area contributed by atoms with Crippen LogP contribution in [0, 0.1) is 17.8 Å². The summed E-state index contributed by atoms with van der Waals surface area (Å²) in [7, 11) is 0. The summed E-state index contributed by atoms with van der Waals surface area (Å²) in [5, 5.41) is 10.7. The van der Waals surface area contributed by atoms with Crippen LogP contribution in [0.5, 0.6) is 0 Å². The molecule has 1 aromatic heterocycles. The predicted molar refractivity (Wildman–Crippen MR) is 86.0 cm³/mol. The summed E-state index contributed by atoms with van der Waals surface area (Å²) < 4.78 is 0. The molecule has 0 radical (unpaired) electrons. The molecule has 3 nitrogen and oxygen atoms in total. The van der Waals surface area contributed by atoms with Crippen LogP contribution in [-0.2, 0) is 0 Å². The molecule has 0 saturated heterocycles. The predicted octanol–water partition coefficient (Wildman–Crippen LogP) is 4.09. The molecule has 2 bridgehead atoms. The van der Waals surface area contributed by atoms with Gasteiger partial charge in [0.15, 0.2) is 0 Å². The molecule has 2 aliphatic rings. The van der Waals surface area contributed by atoms with E-state index in [1.807, 2.05) is 6.07 Å². The Bertz CT molecular complexity index is 627. The number of H-pyrrole nitrogens is 1. The van der Waals surface area contributed by atoms with Gasteiger partial charge in [-0.25, -0.2) is 0 Å². The van der Waals surface area contributed by atoms with Crippen LogP contribution in [-0.4, -0.2) is 16.2 Å². The van der Waals surface area contributed by atoms with Gasteiger partial charge in [-0.2, -0.15) is 5.10 Å². The second kappa shape index (κ2) is 5.06. The topological polar surface area (TPSA) is 40.7 Å². The van der Waals surface area contributed by atoms with Crippen molar-refractivity contribution in [1.29, 1.82) is 0 Å². The summed E-state index contributed by atoms with van der Waals surface area (Å²) in [4.78, 5) is 0. The van der Waals surface area contributed by atoms with E-state index in [1.165, 1.54) is 24.1 Å². The van der Waals surface area contributed by atoms with E-state index in [-0.39, 0.29) is 0 Å². The molecular formula is C18H21N3. The van der Waals surface area contributed by atoms with Crippen LogP contribution >= 0.6 is 0 Å². The second-order valence-electron chi connectivity index (χ2n) is 6.42. The smallest absolute Gasteiger partial charge is 0.0650 e. The molecule has 1 fully saturated rings. The Morgan fingerprint density at radius 2 is 2.00 bits per heavy atom. The number of aromatic nitrogens is 2. The van der Waals surface area contributed by atoms with E-state index >= 15 is 0 Å². The quantitative estimate of drug-likeness (QED) is 0.828. The molecule has 0 spiro atoms. The van der Waals surface area contributed by atoms with Crippen LogP contribution in [0.25, 0.3) is 11.3 Å². The first-order chi connectivity index (χ1) is 10.3. The molecule has 0 amide bonds. The standard InChI is InChI=1S/C18H21N3/c1-12(17-11-13-2-3-15(17)10-13)20-16-6-4-14(5-7-16)18-8-9-19-21-18/h2-9,12-13,15,17,20H,10-11H2,1H3,(H,19,21). The third-order valence-electron chi connectivity index (χ3n) is 5.06. The van der Waals surface area contributed by atoms with E-state index in [0.717, 1.165) is 23.4 Å². The van der Waals surface area contributed by atoms with Gasteiger partial charge in [0.1, 0.15) is 0 Å². The highest BCUT2D eigenvalue weighted by atomic mass is 15.1. The maximum absolute atomic E-state index is 4.00. The average Bonchev–Trinajstić information content (AvgIpc) is 3.25. The van der Waals surface area contributed by atoms with Gasteiger partial charge in [-0.1, -0.05) is 24.3 Å². The molecule has 1 saturated carbocycles. The van der Waals surface area contributed by atoms with Crippen LogP contribution in [0.1, 0.15) is 19.8 Å². The van der Waals surface area contributed by atoms with E-state index in [9.17, 15) is 0 Å². The number of allylic oxidation sites excluding steroid dienone is 2. The van der Waals surface area contributed by atoms with E-state index in [4.69, 9.17) is 0 Å². The molecule has 4 rings (SSSR count). The van der Waals surface area contributed by atoms with Gasteiger partial charge in [-0.15, -0.1) is 0 Å².